The molecule has 0 bridgehead atoms. The van der Waals surface area contributed by atoms with Crippen molar-refractivity contribution in [1.82, 2.24) is 15.1 Å². The molecule has 3 rings (SSSR count). The van der Waals surface area contributed by atoms with Gasteiger partial charge in [-0.25, -0.2) is 4.99 Å². The maximum Gasteiger partial charge on any atom is 0.251 e. The monoisotopic (exact) mass is 402 g/mol. The normalized spacial score (nSPS) is 20.3. The molecule has 7 heteroatoms. The Hall–Kier alpha value is -2.28. The zero-order chi connectivity index (χ0) is 20.6. The van der Waals surface area contributed by atoms with E-state index in [1.807, 2.05) is 30.9 Å². The Kier molecular flexibility index (Phi) is 7.75. The molecule has 2 saturated heterocycles. The fourth-order valence-corrected chi connectivity index (χ4v) is 3.65. The summed E-state index contributed by atoms with van der Waals surface area (Å²) in [5.41, 5.74) is 1.14. The van der Waals surface area contributed by atoms with E-state index in [0.717, 1.165) is 49.7 Å². The van der Waals surface area contributed by atoms with E-state index in [9.17, 15) is 4.79 Å². The van der Waals surface area contributed by atoms with Crippen molar-refractivity contribution >= 4 is 11.9 Å². The average molecular weight is 403 g/mol. The number of rotatable bonds is 6. The molecule has 0 aliphatic carbocycles. The van der Waals surface area contributed by atoms with Crippen LogP contribution in [0.4, 0.5) is 0 Å². The summed E-state index contributed by atoms with van der Waals surface area (Å²) in [5, 5.41) is 3.38. The van der Waals surface area contributed by atoms with Crippen LogP contribution < -0.4 is 10.1 Å². The van der Waals surface area contributed by atoms with Gasteiger partial charge in [0.2, 0.25) is 0 Å². The van der Waals surface area contributed by atoms with Gasteiger partial charge in [-0.2, -0.15) is 0 Å². The van der Waals surface area contributed by atoms with Crippen molar-refractivity contribution < 1.29 is 14.3 Å². The second kappa shape index (κ2) is 10.5. The van der Waals surface area contributed by atoms with Gasteiger partial charge in [-0.1, -0.05) is 12.1 Å². The van der Waals surface area contributed by atoms with E-state index in [-0.39, 0.29) is 18.1 Å². The predicted octanol–water partition coefficient (Wildman–Crippen LogP) is 2.26. The third kappa shape index (κ3) is 6.10. The molecule has 0 saturated carbocycles. The van der Waals surface area contributed by atoms with Gasteiger partial charge in [-0.05, 0) is 51.3 Å². The third-order valence-corrected chi connectivity index (χ3v) is 5.14. The Balaban J connectivity index is 1.54. The molecule has 2 heterocycles. The lowest BCUT2D eigenvalue weighted by molar-refractivity contribution is -0.142. The molecule has 2 aliphatic rings. The Bertz CT molecular complexity index is 676. The van der Waals surface area contributed by atoms with E-state index in [2.05, 4.69) is 29.3 Å². The number of hydrogen-bond donors (Lipinski definition) is 1. The Morgan fingerprint density at radius 2 is 1.90 bits per heavy atom. The van der Waals surface area contributed by atoms with Crippen molar-refractivity contribution in [2.75, 3.05) is 39.3 Å². The summed E-state index contributed by atoms with van der Waals surface area (Å²) in [7, 11) is 0. The van der Waals surface area contributed by atoms with Gasteiger partial charge in [0.05, 0.1) is 12.6 Å². The van der Waals surface area contributed by atoms with Gasteiger partial charge < -0.3 is 24.6 Å². The van der Waals surface area contributed by atoms with Crippen LogP contribution in [0.1, 0.15) is 39.2 Å². The molecule has 1 N–H and O–H groups in total. The molecule has 1 aromatic carbocycles. The molecule has 0 spiro atoms. The highest BCUT2D eigenvalue weighted by Crippen LogP contribution is 2.17. The third-order valence-electron chi connectivity index (χ3n) is 5.14. The number of nitrogens with one attached hydrogen (secondary N) is 1. The standard InChI is InChI=1S/C22H34N4O3/c1-4-23-22(24-16-18-7-9-19(10-8-18)29-17(2)3)26-13-11-25(12-14-26)21(27)20-6-5-15-28-20/h7-10,17,20H,4-6,11-16H2,1-3H3,(H,23,24). The number of carbonyl (C=O) groups is 1. The van der Waals surface area contributed by atoms with Crippen LogP contribution in [-0.4, -0.2) is 73.2 Å². The highest BCUT2D eigenvalue weighted by atomic mass is 16.5. The van der Waals surface area contributed by atoms with Crippen LogP contribution in [-0.2, 0) is 16.1 Å². The maximum absolute atomic E-state index is 12.5. The summed E-state index contributed by atoms with van der Waals surface area (Å²) in [5.74, 6) is 1.93. The summed E-state index contributed by atoms with van der Waals surface area (Å²) in [4.78, 5) is 21.5. The zero-order valence-electron chi connectivity index (χ0n) is 17.9. The van der Waals surface area contributed by atoms with E-state index in [1.54, 1.807) is 0 Å². The number of piperazine rings is 1. The van der Waals surface area contributed by atoms with Crippen LogP contribution in [0, 0.1) is 0 Å². The molecule has 7 nitrogen and oxygen atoms in total. The number of carbonyl (C=O) groups excluding carboxylic acids is 1. The van der Waals surface area contributed by atoms with Gasteiger partial charge in [0, 0.05) is 39.3 Å². The lowest BCUT2D eigenvalue weighted by atomic mass is 10.2. The largest absolute Gasteiger partial charge is 0.491 e. The molecule has 1 aromatic rings. The van der Waals surface area contributed by atoms with Gasteiger partial charge in [-0.3, -0.25) is 4.79 Å². The first-order chi connectivity index (χ1) is 14.1. The van der Waals surface area contributed by atoms with Gasteiger partial charge in [0.15, 0.2) is 5.96 Å². The number of hydrogen-bond acceptors (Lipinski definition) is 4. The van der Waals surface area contributed by atoms with E-state index in [4.69, 9.17) is 14.5 Å². The fourth-order valence-electron chi connectivity index (χ4n) is 3.65. The van der Waals surface area contributed by atoms with E-state index in [0.29, 0.717) is 26.2 Å². The predicted molar refractivity (Wildman–Crippen MR) is 114 cm³/mol. The average Bonchev–Trinajstić information content (AvgIpc) is 3.26. The SMILES string of the molecule is CCNC(=NCc1ccc(OC(C)C)cc1)N1CCN(C(=O)C2CCCO2)CC1. The molecule has 0 aromatic heterocycles. The number of guanidine groups is 1. The maximum atomic E-state index is 12.5. The van der Waals surface area contributed by atoms with Crippen molar-refractivity contribution in [2.45, 2.75) is 52.4 Å². The lowest BCUT2D eigenvalue weighted by Gasteiger charge is -2.37. The van der Waals surface area contributed by atoms with Crippen molar-refractivity contribution in [2.24, 2.45) is 4.99 Å². The summed E-state index contributed by atoms with van der Waals surface area (Å²) < 4.78 is 11.2. The van der Waals surface area contributed by atoms with Gasteiger partial charge >= 0.3 is 0 Å². The summed E-state index contributed by atoms with van der Waals surface area (Å²) >= 11 is 0. The number of ether oxygens (including phenoxy) is 2. The van der Waals surface area contributed by atoms with Crippen molar-refractivity contribution in [1.29, 1.82) is 0 Å². The Morgan fingerprint density at radius 1 is 1.21 bits per heavy atom. The number of amides is 1. The van der Waals surface area contributed by atoms with E-state index < -0.39 is 0 Å². The summed E-state index contributed by atoms with van der Waals surface area (Å²) in [6.45, 7) is 11.2. The minimum absolute atomic E-state index is 0.146. The Labute approximate surface area is 174 Å². The van der Waals surface area contributed by atoms with Crippen molar-refractivity contribution in [3.8, 4) is 5.75 Å². The lowest BCUT2D eigenvalue weighted by Crippen LogP contribution is -2.55. The number of aliphatic imine (C=N–C) groups is 1. The molecule has 1 atom stereocenters. The van der Waals surface area contributed by atoms with Crippen LogP contribution >= 0.6 is 0 Å². The van der Waals surface area contributed by atoms with Gasteiger partial charge in [-0.15, -0.1) is 0 Å². The number of nitrogens with zero attached hydrogens (tertiary/aromatic N) is 3. The van der Waals surface area contributed by atoms with Crippen molar-refractivity contribution in [3.05, 3.63) is 29.8 Å². The van der Waals surface area contributed by atoms with Crippen molar-refractivity contribution in [3.63, 3.8) is 0 Å². The van der Waals surface area contributed by atoms with Crippen LogP contribution in [0.3, 0.4) is 0 Å². The first-order valence-corrected chi connectivity index (χ1v) is 10.8. The minimum Gasteiger partial charge on any atom is -0.491 e. The quantitative estimate of drug-likeness (QED) is 0.584. The molecule has 2 fully saturated rings. The molecule has 2 aliphatic heterocycles. The minimum atomic E-state index is -0.230. The zero-order valence-corrected chi connectivity index (χ0v) is 17.9. The first-order valence-electron chi connectivity index (χ1n) is 10.8. The molecular formula is C22H34N4O3. The summed E-state index contributed by atoms with van der Waals surface area (Å²) in [6, 6.07) is 8.10. The van der Waals surface area contributed by atoms with Gasteiger partial charge in [0.1, 0.15) is 11.9 Å². The molecule has 1 unspecified atom stereocenters. The van der Waals surface area contributed by atoms with Crippen LogP contribution in [0.15, 0.2) is 29.3 Å². The van der Waals surface area contributed by atoms with Crippen LogP contribution in [0.25, 0.3) is 0 Å². The highest BCUT2D eigenvalue weighted by molar-refractivity contribution is 5.82. The smallest absolute Gasteiger partial charge is 0.251 e. The second-order valence-corrected chi connectivity index (χ2v) is 7.79. The molecule has 0 radical (unpaired) electrons. The fraction of sp³-hybridized carbons (Fsp3) is 0.636. The first kappa shape index (κ1) is 21.4. The highest BCUT2D eigenvalue weighted by Gasteiger charge is 2.30. The number of benzene rings is 1. The van der Waals surface area contributed by atoms with Crippen LogP contribution in [0.5, 0.6) is 5.75 Å². The Morgan fingerprint density at radius 3 is 2.48 bits per heavy atom. The molecular weight excluding hydrogens is 368 g/mol. The van der Waals surface area contributed by atoms with Crippen LogP contribution in [0.2, 0.25) is 0 Å². The topological polar surface area (TPSA) is 66.4 Å². The summed E-state index contributed by atoms with van der Waals surface area (Å²) in [6.07, 6.45) is 1.78. The van der Waals surface area contributed by atoms with Gasteiger partial charge in [0.25, 0.3) is 5.91 Å². The van der Waals surface area contributed by atoms with E-state index >= 15 is 0 Å². The molecule has 1 amide bonds. The molecule has 160 valence electrons. The van der Waals surface area contributed by atoms with E-state index in [1.165, 1.54) is 0 Å². The molecule has 29 heavy (non-hydrogen) atoms. The second-order valence-electron chi connectivity index (χ2n) is 7.79.